The van der Waals surface area contributed by atoms with Crippen LogP contribution in [0.2, 0.25) is 0 Å². The summed E-state index contributed by atoms with van der Waals surface area (Å²) in [5.41, 5.74) is 0. The zero-order valence-corrected chi connectivity index (χ0v) is 18.3. The first kappa shape index (κ1) is 21.6. The zero-order chi connectivity index (χ0) is 16.5. The molecule has 0 atom stereocenters. The Morgan fingerprint density at radius 2 is 2.04 bits per heavy atom. The molecule has 1 fully saturated rings. The average molecular weight is 465 g/mol. The molecule has 0 bridgehead atoms. The van der Waals surface area contributed by atoms with Crippen LogP contribution < -0.4 is 10.6 Å². The van der Waals surface area contributed by atoms with E-state index in [1.54, 1.807) is 0 Å². The van der Waals surface area contributed by atoms with E-state index in [4.69, 9.17) is 0 Å². The van der Waals surface area contributed by atoms with E-state index in [1.807, 2.05) is 24.6 Å². The van der Waals surface area contributed by atoms with E-state index < -0.39 is 0 Å². The number of guanidine groups is 1. The van der Waals surface area contributed by atoms with Crippen molar-refractivity contribution < 1.29 is 0 Å². The quantitative estimate of drug-likeness (QED) is 0.370. The second-order valence-electron chi connectivity index (χ2n) is 6.28. The Hall–Kier alpha value is -0.410. The van der Waals surface area contributed by atoms with Crippen LogP contribution in [0.5, 0.6) is 0 Å². The number of piperidine rings is 1. The van der Waals surface area contributed by atoms with E-state index in [9.17, 15) is 0 Å². The highest BCUT2D eigenvalue weighted by molar-refractivity contribution is 14.0. The number of thiazole rings is 1. The van der Waals surface area contributed by atoms with Crippen LogP contribution >= 0.6 is 35.3 Å². The van der Waals surface area contributed by atoms with Crippen LogP contribution in [-0.4, -0.2) is 56.1 Å². The molecule has 1 aliphatic rings. The molecular formula is C17H32IN5S. The van der Waals surface area contributed by atoms with Crippen molar-refractivity contribution in [2.45, 2.75) is 39.0 Å². The fraction of sp³-hybridized carbons (Fsp3) is 0.765. The molecule has 1 aliphatic heterocycles. The third-order valence-electron chi connectivity index (χ3n) is 4.49. The average Bonchev–Trinajstić information content (AvgIpc) is 3.03. The summed E-state index contributed by atoms with van der Waals surface area (Å²) < 4.78 is 0. The molecule has 24 heavy (non-hydrogen) atoms. The minimum atomic E-state index is 0. The van der Waals surface area contributed by atoms with Gasteiger partial charge < -0.3 is 15.5 Å². The van der Waals surface area contributed by atoms with E-state index in [2.05, 4.69) is 39.5 Å². The number of aromatic nitrogens is 1. The summed E-state index contributed by atoms with van der Waals surface area (Å²) in [5, 5.41) is 8.03. The highest BCUT2D eigenvalue weighted by atomic mass is 127. The van der Waals surface area contributed by atoms with Crippen molar-refractivity contribution in [2.24, 2.45) is 10.9 Å². The fourth-order valence-corrected chi connectivity index (χ4v) is 3.74. The molecule has 1 aromatic rings. The molecule has 1 saturated heterocycles. The van der Waals surface area contributed by atoms with Crippen LogP contribution in [0.25, 0.3) is 0 Å². The fourth-order valence-electron chi connectivity index (χ4n) is 2.88. The van der Waals surface area contributed by atoms with Crippen LogP contribution in [-0.2, 0) is 12.8 Å². The third-order valence-corrected chi connectivity index (χ3v) is 5.69. The van der Waals surface area contributed by atoms with E-state index in [0.717, 1.165) is 37.8 Å². The van der Waals surface area contributed by atoms with Gasteiger partial charge in [0, 0.05) is 37.6 Å². The van der Waals surface area contributed by atoms with Crippen LogP contribution in [0.15, 0.2) is 11.2 Å². The van der Waals surface area contributed by atoms with Gasteiger partial charge in [0.05, 0.1) is 5.01 Å². The number of aliphatic imine (C=N–C) groups is 1. The molecule has 0 amide bonds. The number of nitrogens with one attached hydrogen (secondary N) is 2. The largest absolute Gasteiger partial charge is 0.356 e. The molecule has 1 aromatic heterocycles. The number of aryl methyl sites for hydroxylation is 1. The molecule has 0 unspecified atom stereocenters. The minimum absolute atomic E-state index is 0. The third kappa shape index (κ3) is 7.65. The Labute approximate surface area is 167 Å². The predicted octanol–water partition coefficient (Wildman–Crippen LogP) is 2.76. The second kappa shape index (κ2) is 12.0. The predicted molar refractivity (Wildman–Crippen MR) is 115 cm³/mol. The van der Waals surface area contributed by atoms with Crippen molar-refractivity contribution in [3.05, 3.63) is 16.1 Å². The molecule has 2 heterocycles. The molecule has 0 aromatic carbocycles. The summed E-state index contributed by atoms with van der Waals surface area (Å²) in [7, 11) is 4.05. The van der Waals surface area contributed by atoms with E-state index in [1.165, 1.54) is 42.2 Å². The maximum Gasteiger partial charge on any atom is 0.190 e. The zero-order valence-electron chi connectivity index (χ0n) is 15.2. The van der Waals surface area contributed by atoms with Crippen molar-refractivity contribution in [1.29, 1.82) is 0 Å². The van der Waals surface area contributed by atoms with E-state index >= 15 is 0 Å². The summed E-state index contributed by atoms with van der Waals surface area (Å²) in [6.45, 7) is 6.54. The van der Waals surface area contributed by atoms with Crippen LogP contribution in [0.3, 0.4) is 0 Å². The highest BCUT2D eigenvalue weighted by Crippen LogP contribution is 2.18. The van der Waals surface area contributed by atoms with Gasteiger partial charge in [0.25, 0.3) is 0 Å². The molecular weight excluding hydrogens is 433 g/mol. The second-order valence-corrected chi connectivity index (χ2v) is 7.48. The van der Waals surface area contributed by atoms with Gasteiger partial charge in [0.15, 0.2) is 5.96 Å². The van der Waals surface area contributed by atoms with Gasteiger partial charge in [0.1, 0.15) is 0 Å². The van der Waals surface area contributed by atoms with Gasteiger partial charge in [0.2, 0.25) is 0 Å². The molecule has 7 heteroatoms. The van der Waals surface area contributed by atoms with Crippen molar-refractivity contribution in [3.63, 3.8) is 0 Å². The number of halogens is 1. The number of rotatable bonds is 7. The SMILES string of the molecule is CCc1cnc(CCNC(=NC)NCCC2CCN(C)CC2)s1.I. The van der Waals surface area contributed by atoms with Gasteiger partial charge in [-0.3, -0.25) is 4.99 Å². The normalized spacial score (nSPS) is 16.7. The van der Waals surface area contributed by atoms with Crippen molar-refractivity contribution in [3.8, 4) is 0 Å². The Balaban J connectivity index is 0.00000288. The number of hydrogen-bond acceptors (Lipinski definition) is 4. The summed E-state index contributed by atoms with van der Waals surface area (Å²) in [5.74, 6) is 1.77. The van der Waals surface area contributed by atoms with Crippen LogP contribution in [0.4, 0.5) is 0 Å². The van der Waals surface area contributed by atoms with Gasteiger partial charge in [-0.05, 0) is 51.7 Å². The molecule has 2 N–H and O–H groups in total. The maximum absolute atomic E-state index is 4.45. The van der Waals surface area contributed by atoms with E-state index in [-0.39, 0.29) is 24.0 Å². The molecule has 5 nitrogen and oxygen atoms in total. The molecule has 0 aliphatic carbocycles. The van der Waals surface area contributed by atoms with Crippen molar-refractivity contribution >= 4 is 41.3 Å². The monoisotopic (exact) mass is 465 g/mol. The van der Waals surface area contributed by atoms with Crippen LogP contribution in [0, 0.1) is 5.92 Å². The highest BCUT2D eigenvalue weighted by Gasteiger charge is 2.16. The van der Waals surface area contributed by atoms with Gasteiger partial charge in [-0.2, -0.15) is 0 Å². The van der Waals surface area contributed by atoms with Gasteiger partial charge in [-0.25, -0.2) is 4.98 Å². The topological polar surface area (TPSA) is 52.6 Å². The summed E-state index contributed by atoms with van der Waals surface area (Å²) in [6.07, 6.45) is 7.92. The van der Waals surface area contributed by atoms with E-state index in [0.29, 0.717) is 0 Å². The van der Waals surface area contributed by atoms with Crippen LogP contribution in [0.1, 0.15) is 36.1 Å². The molecule has 0 spiro atoms. The number of hydrogen-bond donors (Lipinski definition) is 2. The van der Waals surface area contributed by atoms with Gasteiger partial charge in [-0.1, -0.05) is 6.92 Å². The van der Waals surface area contributed by atoms with Crippen molar-refractivity contribution in [2.75, 3.05) is 40.3 Å². The molecule has 138 valence electrons. The standard InChI is InChI=1S/C17H31N5S.HI/c1-4-15-13-21-16(23-15)6-10-20-17(18-2)19-9-5-14-7-11-22(3)12-8-14;/h13-14H,4-12H2,1-3H3,(H2,18,19,20);1H. The number of likely N-dealkylation sites (tertiary alicyclic amines) is 1. The lowest BCUT2D eigenvalue weighted by atomic mass is 9.94. The number of nitrogens with zero attached hydrogens (tertiary/aromatic N) is 3. The first-order valence-corrected chi connectivity index (χ1v) is 9.59. The minimum Gasteiger partial charge on any atom is -0.356 e. The maximum atomic E-state index is 4.45. The first-order chi connectivity index (χ1) is 11.2. The Morgan fingerprint density at radius 1 is 1.33 bits per heavy atom. The lowest BCUT2D eigenvalue weighted by molar-refractivity contribution is 0.213. The Bertz CT molecular complexity index is 483. The first-order valence-electron chi connectivity index (χ1n) is 8.78. The Kier molecular flexibility index (Phi) is 10.8. The lowest BCUT2D eigenvalue weighted by Gasteiger charge is -2.29. The lowest BCUT2D eigenvalue weighted by Crippen LogP contribution is -2.39. The molecule has 0 saturated carbocycles. The Morgan fingerprint density at radius 3 is 2.67 bits per heavy atom. The van der Waals surface area contributed by atoms with Gasteiger partial charge >= 0.3 is 0 Å². The van der Waals surface area contributed by atoms with Crippen molar-refractivity contribution in [1.82, 2.24) is 20.5 Å². The molecule has 2 rings (SSSR count). The van der Waals surface area contributed by atoms with Gasteiger partial charge in [-0.15, -0.1) is 35.3 Å². The summed E-state index contributed by atoms with van der Waals surface area (Å²) >= 11 is 1.81. The summed E-state index contributed by atoms with van der Waals surface area (Å²) in [4.78, 5) is 12.5. The summed E-state index contributed by atoms with van der Waals surface area (Å²) in [6, 6.07) is 0. The smallest absolute Gasteiger partial charge is 0.190 e. The molecule has 0 radical (unpaired) electrons.